The van der Waals surface area contributed by atoms with Crippen LogP contribution in [0.25, 0.3) is 0 Å². The predicted octanol–water partition coefficient (Wildman–Crippen LogP) is 3.67. The lowest BCUT2D eigenvalue weighted by Crippen LogP contribution is -2.13. The lowest BCUT2D eigenvalue weighted by atomic mass is 9.95. The van der Waals surface area contributed by atoms with E-state index in [0.29, 0.717) is 17.1 Å². The minimum absolute atomic E-state index is 0.171. The second-order valence-electron chi connectivity index (χ2n) is 5.46. The molecule has 0 fully saturated rings. The van der Waals surface area contributed by atoms with Gasteiger partial charge in [-0.15, -0.1) is 0 Å². The lowest BCUT2D eigenvalue weighted by Gasteiger charge is -2.12. The molecule has 0 bridgehead atoms. The molecule has 0 aliphatic rings. The fraction of sp³-hybridized carbons (Fsp3) is 0.250. The SMILES string of the molecule is C=C(Cc1cc(OC)ccc1OC)C(=O)c1cccnc1C(=O)CC. The molecule has 0 aliphatic carbocycles. The molecule has 0 amide bonds. The Morgan fingerprint density at radius 3 is 2.56 bits per heavy atom. The van der Waals surface area contributed by atoms with E-state index >= 15 is 0 Å². The van der Waals surface area contributed by atoms with E-state index in [1.54, 1.807) is 51.5 Å². The number of ketones is 2. The van der Waals surface area contributed by atoms with Gasteiger partial charge in [-0.3, -0.25) is 14.6 Å². The van der Waals surface area contributed by atoms with E-state index in [1.165, 1.54) is 6.20 Å². The van der Waals surface area contributed by atoms with Crippen LogP contribution >= 0.6 is 0 Å². The minimum Gasteiger partial charge on any atom is -0.497 e. The Morgan fingerprint density at radius 1 is 1.16 bits per heavy atom. The summed E-state index contributed by atoms with van der Waals surface area (Å²) in [5.74, 6) is 0.843. The number of aromatic nitrogens is 1. The Hall–Kier alpha value is -2.95. The molecule has 1 heterocycles. The molecule has 5 nitrogen and oxygen atoms in total. The predicted molar refractivity (Wildman–Crippen MR) is 95.6 cm³/mol. The van der Waals surface area contributed by atoms with Crippen molar-refractivity contribution in [1.29, 1.82) is 0 Å². The van der Waals surface area contributed by atoms with Gasteiger partial charge in [-0.1, -0.05) is 13.5 Å². The van der Waals surface area contributed by atoms with Crippen LogP contribution in [0.4, 0.5) is 0 Å². The van der Waals surface area contributed by atoms with Crippen LogP contribution in [0.2, 0.25) is 0 Å². The molecule has 1 aromatic heterocycles. The quantitative estimate of drug-likeness (QED) is 0.542. The van der Waals surface area contributed by atoms with Crippen LogP contribution in [0, 0.1) is 0 Å². The Kier molecular flexibility index (Phi) is 6.06. The normalized spacial score (nSPS) is 10.2. The van der Waals surface area contributed by atoms with Crippen LogP contribution in [0.5, 0.6) is 11.5 Å². The molecule has 0 N–H and O–H groups in total. The monoisotopic (exact) mass is 339 g/mol. The van der Waals surface area contributed by atoms with Crippen molar-refractivity contribution in [2.24, 2.45) is 0 Å². The number of pyridine rings is 1. The number of benzene rings is 1. The average Bonchev–Trinajstić information content (AvgIpc) is 2.66. The van der Waals surface area contributed by atoms with E-state index < -0.39 is 0 Å². The number of allylic oxidation sites excluding steroid dienone is 1. The fourth-order valence-electron chi connectivity index (χ4n) is 2.50. The first-order valence-corrected chi connectivity index (χ1v) is 7.93. The molecule has 5 heteroatoms. The standard InChI is InChI=1S/C20H21NO4/c1-5-17(22)19-16(7-6-10-21-19)20(23)13(2)11-14-12-15(24-3)8-9-18(14)25-4/h6-10,12H,2,5,11H2,1,3-4H3. The third-order valence-electron chi connectivity index (χ3n) is 3.85. The molecule has 1 aromatic carbocycles. The number of rotatable bonds is 8. The number of carbonyl (C=O) groups is 2. The highest BCUT2D eigenvalue weighted by molar-refractivity contribution is 6.14. The Balaban J connectivity index is 2.31. The topological polar surface area (TPSA) is 65.5 Å². The highest BCUT2D eigenvalue weighted by Crippen LogP contribution is 2.27. The molecule has 25 heavy (non-hydrogen) atoms. The summed E-state index contributed by atoms with van der Waals surface area (Å²) < 4.78 is 10.6. The number of carbonyl (C=O) groups excluding carboxylic acids is 2. The molecular weight excluding hydrogens is 318 g/mol. The van der Waals surface area contributed by atoms with Crippen molar-refractivity contribution in [2.75, 3.05) is 14.2 Å². The highest BCUT2D eigenvalue weighted by atomic mass is 16.5. The number of hydrogen-bond donors (Lipinski definition) is 0. The van der Waals surface area contributed by atoms with Gasteiger partial charge in [0.1, 0.15) is 17.2 Å². The third kappa shape index (κ3) is 4.12. The van der Waals surface area contributed by atoms with Crippen molar-refractivity contribution in [3.8, 4) is 11.5 Å². The maximum absolute atomic E-state index is 12.8. The van der Waals surface area contributed by atoms with Gasteiger partial charge < -0.3 is 9.47 Å². The van der Waals surface area contributed by atoms with Crippen molar-refractivity contribution in [3.05, 3.63) is 65.5 Å². The summed E-state index contributed by atoms with van der Waals surface area (Å²) >= 11 is 0. The van der Waals surface area contributed by atoms with Crippen LogP contribution in [0.3, 0.4) is 0 Å². The molecular formula is C20H21NO4. The van der Waals surface area contributed by atoms with Gasteiger partial charge in [-0.25, -0.2) is 0 Å². The zero-order chi connectivity index (χ0) is 18.4. The van der Waals surface area contributed by atoms with Gasteiger partial charge in [-0.2, -0.15) is 0 Å². The lowest BCUT2D eigenvalue weighted by molar-refractivity contribution is 0.0965. The van der Waals surface area contributed by atoms with Gasteiger partial charge in [0, 0.05) is 24.6 Å². The molecule has 0 unspecified atom stereocenters. The molecule has 0 spiro atoms. The van der Waals surface area contributed by atoms with Crippen LogP contribution in [0.15, 0.2) is 48.7 Å². The van der Waals surface area contributed by atoms with E-state index in [9.17, 15) is 9.59 Å². The Labute approximate surface area is 147 Å². The molecule has 0 atom stereocenters. The van der Waals surface area contributed by atoms with Crippen LogP contribution in [-0.2, 0) is 6.42 Å². The van der Waals surface area contributed by atoms with E-state index in [1.807, 2.05) is 0 Å². The van der Waals surface area contributed by atoms with E-state index in [4.69, 9.17) is 9.47 Å². The number of methoxy groups -OCH3 is 2. The largest absolute Gasteiger partial charge is 0.497 e. The van der Waals surface area contributed by atoms with E-state index in [2.05, 4.69) is 11.6 Å². The van der Waals surface area contributed by atoms with Crippen molar-refractivity contribution in [2.45, 2.75) is 19.8 Å². The first-order valence-electron chi connectivity index (χ1n) is 7.93. The third-order valence-corrected chi connectivity index (χ3v) is 3.85. The van der Waals surface area contributed by atoms with Crippen LogP contribution in [-0.4, -0.2) is 30.8 Å². The van der Waals surface area contributed by atoms with Crippen molar-refractivity contribution in [3.63, 3.8) is 0 Å². The maximum atomic E-state index is 12.8. The summed E-state index contributed by atoms with van der Waals surface area (Å²) in [6.07, 6.45) is 2.08. The zero-order valence-corrected chi connectivity index (χ0v) is 14.7. The number of hydrogen-bond acceptors (Lipinski definition) is 5. The van der Waals surface area contributed by atoms with E-state index in [-0.39, 0.29) is 35.7 Å². The average molecular weight is 339 g/mol. The van der Waals surface area contributed by atoms with Crippen LogP contribution in [0.1, 0.15) is 39.8 Å². The number of Topliss-reactive ketones (excluding diaryl/α,β-unsaturated/α-hetero) is 2. The summed E-state index contributed by atoms with van der Waals surface area (Å²) in [5, 5.41) is 0. The molecule has 0 aliphatic heterocycles. The second kappa shape index (κ2) is 8.24. The Bertz CT molecular complexity index is 811. The van der Waals surface area contributed by atoms with Gasteiger partial charge in [0.25, 0.3) is 0 Å². The zero-order valence-electron chi connectivity index (χ0n) is 14.7. The van der Waals surface area contributed by atoms with Gasteiger partial charge >= 0.3 is 0 Å². The number of nitrogens with zero attached hydrogens (tertiary/aromatic N) is 1. The smallest absolute Gasteiger partial charge is 0.191 e. The van der Waals surface area contributed by atoms with Gasteiger partial charge in [-0.05, 0) is 35.9 Å². The summed E-state index contributed by atoms with van der Waals surface area (Å²) in [7, 11) is 3.14. The summed E-state index contributed by atoms with van der Waals surface area (Å²) in [4.78, 5) is 28.9. The molecule has 0 radical (unpaired) electrons. The maximum Gasteiger partial charge on any atom is 0.191 e. The summed E-state index contributed by atoms with van der Waals surface area (Å²) in [6, 6.07) is 8.61. The van der Waals surface area contributed by atoms with Crippen molar-refractivity contribution >= 4 is 11.6 Å². The first kappa shape index (κ1) is 18.4. The van der Waals surface area contributed by atoms with Crippen LogP contribution < -0.4 is 9.47 Å². The van der Waals surface area contributed by atoms with Crippen molar-refractivity contribution in [1.82, 2.24) is 4.98 Å². The molecule has 130 valence electrons. The summed E-state index contributed by atoms with van der Waals surface area (Å²) in [5.41, 5.74) is 1.60. The fourth-order valence-corrected chi connectivity index (χ4v) is 2.50. The number of ether oxygens (including phenoxy) is 2. The molecule has 0 saturated heterocycles. The van der Waals surface area contributed by atoms with Crippen molar-refractivity contribution < 1.29 is 19.1 Å². The second-order valence-corrected chi connectivity index (χ2v) is 5.46. The minimum atomic E-state index is -0.297. The van der Waals surface area contributed by atoms with E-state index in [0.717, 1.165) is 5.56 Å². The Morgan fingerprint density at radius 2 is 1.92 bits per heavy atom. The van der Waals surface area contributed by atoms with Gasteiger partial charge in [0.15, 0.2) is 11.6 Å². The highest BCUT2D eigenvalue weighted by Gasteiger charge is 2.20. The molecule has 2 rings (SSSR count). The summed E-state index contributed by atoms with van der Waals surface area (Å²) in [6.45, 7) is 5.64. The molecule has 0 saturated carbocycles. The first-order chi connectivity index (χ1) is 12.0. The van der Waals surface area contributed by atoms with Gasteiger partial charge in [0.05, 0.1) is 19.8 Å². The van der Waals surface area contributed by atoms with Gasteiger partial charge in [0.2, 0.25) is 0 Å². The molecule has 2 aromatic rings.